The van der Waals surface area contributed by atoms with Crippen LogP contribution in [-0.4, -0.2) is 43.0 Å². The van der Waals surface area contributed by atoms with Crippen LogP contribution in [0.15, 0.2) is 0 Å². The van der Waals surface area contributed by atoms with Gasteiger partial charge in [0, 0.05) is 26.2 Å². The van der Waals surface area contributed by atoms with E-state index < -0.39 is 12.0 Å². The van der Waals surface area contributed by atoms with Crippen LogP contribution in [0.2, 0.25) is 0 Å². The van der Waals surface area contributed by atoms with Crippen molar-refractivity contribution in [1.82, 2.24) is 5.32 Å². The zero-order chi connectivity index (χ0) is 13.5. The molecule has 6 heteroatoms. The van der Waals surface area contributed by atoms with Crippen LogP contribution >= 0.6 is 12.6 Å². The summed E-state index contributed by atoms with van der Waals surface area (Å²) in [5, 5.41) is 2.52. The van der Waals surface area contributed by atoms with Crippen LogP contribution in [0.25, 0.3) is 0 Å². The minimum Gasteiger partial charge on any atom is -0.461 e. The lowest BCUT2D eigenvalue weighted by atomic mass is 9.95. The van der Waals surface area contributed by atoms with Crippen molar-refractivity contribution in [3.05, 3.63) is 0 Å². The van der Waals surface area contributed by atoms with Crippen molar-refractivity contribution in [2.45, 2.75) is 50.9 Å². The monoisotopic (exact) mass is 275 g/mol. The number of carbonyl (C=O) groups is 2. The summed E-state index contributed by atoms with van der Waals surface area (Å²) in [7, 11) is 1.67. The maximum absolute atomic E-state index is 11.8. The first-order valence-electron chi connectivity index (χ1n) is 6.18. The highest BCUT2D eigenvalue weighted by atomic mass is 32.1. The number of amides is 1. The van der Waals surface area contributed by atoms with Gasteiger partial charge in [0.25, 0.3) is 0 Å². The van der Waals surface area contributed by atoms with Gasteiger partial charge in [-0.2, -0.15) is 12.6 Å². The van der Waals surface area contributed by atoms with E-state index >= 15 is 0 Å². The van der Waals surface area contributed by atoms with Crippen LogP contribution in [0.5, 0.6) is 0 Å². The minimum atomic E-state index is -0.672. The van der Waals surface area contributed by atoms with Gasteiger partial charge in [0.15, 0.2) is 0 Å². The van der Waals surface area contributed by atoms with E-state index in [2.05, 4.69) is 17.9 Å². The molecule has 104 valence electrons. The van der Waals surface area contributed by atoms with Crippen molar-refractivity contribution < 1.29 is 19.1 Å². The van der Waals surface area contributed by atoms with Crippen molar-refractivity contribution in [3.63, 3.8) is 0 Å². The van der Waals surface area contributed by atoms with Gasteiger partial charge in [-0.15, -0.1) is 0 Å². The number of methoxy groups -OCH3 is 1. The fraction of sp³-hybridized carbons (Fsp3) is 0.833. The first-order chi connectivity index (χ1) is 8.56. The summed E-state index contributed by atoms with van der Waals surface area (Å²) >= 11 is 4.04. The topological polar surface area (TPSA) is 64.6 Å². The van der Waals surface area contributed by atoms with E-state index in [4.69, 9.17) is 9.47 Å². The molecular weight excluding hydrogens is 254 g/mol. The number of thiol groups is 1. The molecule has 0 spiro atoms. The van der Waals surface area contributed by atoms with Gasteiger partial charge in [-0.25, -0.2) is 4.79 Å². The van der Waals surface area contributed by atoms with Crippen LogP contribution in [0.3, 0.4) is 0 Å². The average molecular weight is 275 g/mol. The van der Waals surface area contributed by atoms with E-state index in [9.17, 15) is 9.59 Å². The highest BCUT2D eigenvalue weighted by molar-refractivity contribution is 7.80. The Morgan fingerprint density at radius 2 is 2.06 bits per heavy atom. The number of esters is 1. The van der Waals surface area contributed by atoms with Gasteiger partial charge in [0.2, 0.25) is 5.91 Å². The Bertz CT molecular complexity index is 298. The van der Waals surface area contributed by atoms with E-state index in [1.54, 1.807) is 7.11 Å². The number of carbonyl (C=O) groups excluding carboxylic acids is 2. The molecule has 1 fully saturated rings. The Balaban J connectivity index is 2.44. The molecule has 0 heterocycles. The third-order valence-corrected chi connectivity index (χ3v) is 3.40. The number of hydrogen-bond donors (Lipinski definition) is 2. The van der Waals surface area contributed by atoms with Gasteiger partial charge in [0.1, 0.15) is 12.1 Å². The molecule has 3 atom stereocenters. The lowest BCUT2D eigenvalue weighted by Crippen LogP contribution is -2.44. The lowest BCUT2D eigenvalue weighted by molar-refractivity contribution is -0.155. The van der Waals surface area contributed by atoms with Crippen molar-refractivity contribution in [2.75, 3.05) is 12.9 Å². The first-order valence-corrected chi connectivity index (χ1v) is 6.81. The quantitative estimate of drug-likeness (QED) is 0.578. The summed E-state index contributed by atoms with van der Waals surface area (Å²) in [5.74, 6) is -0.440. The second kappa shape index (κ2) is 7.63. The Labute approximate surface area is 113 Å². The number of ether oxygens (including phenoxy) is 2. The van der Waals surface area contributed by atoms with Gasteiger partial charge in [-0.1, -0.05) is 0 Å². The second-order valence-electron chi connectivity index (χ2n) is 4.52. The predicted octanol–water partition coefficient (Wildman–Crippen LogP) is 0.922. The largest absolute Gasteiger partial charge is 0.461 e. The maximum Gasteiger partial charge on any atom is 0.329 e. The molecule has 1 rings (SSSR count). The SMILES string of the molecule is COC1CCCC(OC(=O)C(CS)NC(C)=O)C1. The van der Waals surface area contributed by atoms with Crippen molar-refractivity contribution in [2.24, 2.45) is 0 Å². The average Bonchev–Trinajstić information content (AvgIpc) is 2.35. The lowest BCUT2D eigenvalue weighted by Gasteiger charge is -2.29. The third-order valence-electron chi connectivity index (χ3n) is 3.04. The molecule has 1 N–H and O–H groups in total. The molecule has 1 aliphatic rings. The standard InChI is InChI=1S/C12H21NO4S/c1-8(14)13-11(7-18)12(15)17-10-5-3-4-9(6-10)16-2/h9-11,18H,3-7H2,1-2H3,(H,13,14). The van der Waals surface area contributed by atoms with Gasteiger partial charge >= 0.3 is 5.97 Å². The van der Waals surface area contributed by atoms with Gasteiger partial charge in [-0.3, -0.25) is 4.79 Å². The molecule has 0 aromatic carbocycles. The molecule has 0 saturated heterocycles. The number of hydrogen-bond acceptors (Lipinski definition) is 5. The summed E-state index contributed by atoms with van der Waals surface area (Å²) in [6, 6.07) is -0.672. The first kappa shape index (κ1) is 15.3. The van der Waals surface area contributed by atoms with Crippen LogP contribution in [-0.2, 0) is 19.1 Å². The normalized spacial score (nSPS) is 25.3. The molecule has 5 nitrogen and oxygen atoms in total. The highest BCUT2D eigenvalue weighted by Gasteiger charge is 2.27. The van der Waals surface area contributed by atoms with Gasteiger partial charge in [0.05, 0.1) is 6.10 Å². The molecule has 18 heavy (non-hydrogen) atoms. The molecule has 0 radical (unpaired) electrons. The molecule has 0 aromatic rings. The smallest absolute Gasteiger partial charge is 0.329 e. The zero-order valence-corrected chi connectivity index (χ0v) is 11.7. The third kappa shape index (κ3) is 4.86. The summed E-state index contributed by atoms with van der Waals surface area (Å²) in [6.45, 7) is 1.37. The van der Waals surface area contributed by atoms with Crippen LogP contribution < -0.4 is 5.32 Å². The summed E-state index contributed by atoms with van der Waals surface area (Å²) < 4.78 is 10.7. The molecular formula is C12H21NO4S. The Morgan fingerprint density at radius 3 is 2.61 bits per heavy atom. The van der Waals surface area contributed by atoms with Crippen LogP contribution in [0, 0.1) is 0 Å². The van der Waals surface area contributed by atoms with Gasteiger partial charge in [-0.05, 0) is 19.3 Å². The molecule has 3 unspecified atom stereocenters. The van der Waals surface area contributed by atoms with E-state index in [0.29, 0.717) is 0 Å². The fourth-order valence-electron chi connectivity index (χ4n) is 2.09. The summed E-state index contributed by atoms with van der Waals surface area (Å²) in [4.78, 5) is 22.8. The van der Waals surface area contributed by atoms with E-state index in [1.165, 1.54) is 6.92 Å². The fourth-order valence-corrected chi connectivity index (χ4v) is 2.33. The minimum absolute atomic E-state index is 0.118. The molecule has 0 aliphatic heterocycles. The zero-order valence-electron chi connectivity index (χ0n) is 10.8. The molecule has 1 amide bonds. The van der Waals surface area contributed by atoms with E-state index in [1.807, 2.05) is 0 Å². The van der Waals surface area contributed by atoms with Crippen LogP contribution in [0.1, 0.15) is 32.6 Å². The Morgan fingerprint density at radius 1 is 1.39 bits per heavy atom. The summed E-state index contributed by atoms with van der Waals surface area (Å²) in [6.07, 6.45) is 3.61. The molecule has 0 aromatic heterocycles. The van der Waals surface area contributed by atoms with Crippen molar-refractivity contribution >= 4 is 24.5 Å². The highest BCUT2D eigenvalue weighted by Crippen LogP contribution is 2.23. The summed E-state index contributed by atoms with van der Waals surface area (Å²) in [5.41, 5.74) is 0. The predicted molar refractivity (Wildman–Crippen MR) is 70.6 cm³/mol. The van der Waals surface area contributed by atoms with E-state index in [-0.39, 0.29) is 23.9 Å². The van der Waals surface area contributed by atoms with Crippen LogP contribution in [0.4, 0.5) is 0 Å². The Hall–Kier alpha value is -0.750. The van der Waals surface area contributed by atoms with Crippen molar-refractivity contribution in [3.8, 4) is 0 Å². The van der Waals surface area contributed by atoms with E-state index in [0.717, 1.165) is 25.7 Å². The number of nitrogens with one attached hydrogen (secondary N) is 1. The maximum atomic E-state index is 11.8. The van der Waals surface area contributed by atoms with Gasteiger partial charge < -0.3 is 14.8 Å². The number of rotatable bonds is 5. The molecule has 1 aliphatic carbocycles. The van der Waals surface area contributed by atoms with Crippen molar-refractivity contribution in [1.29, 1.82) is 0 Å². The molecule has 0 bridgehead atoms. The second-order valence-corrected chi connectivity index (χ2v) is 4.88. The molecule has 1 saturated carbocycles. The Kier molecular flexibility index (Phi) is 6.49.